The first-order valence-corrected chi connectivity index (χ1v) is 11.4. The highest BCUT2D eigenvalue weighted by molar-refractivity contribution is 5.80. The van der Waals surface area contributed by atoms with E-state index in [1.165, 1.54) is 11.1 Å². The molecule has 0 spiro atoms. The SMILES string of the molecule is CCc1noc(-c2cnc(C)nc2N2CCC(C(=O)N3CCc4ccccc4C3)CC2)n1. The summed E-state index contributed by atoms with van der Waals surface area (Å²) in [5, 5.41) is 4.01. The van der Waals surface area contributed by atoms with Gasteiger partial charge in [-0.05, 0) is 37.3 Å². The van der Waals surface area contributed by atoms with E-state index in [1.807, 2.05) is 18.7 Å². The molecule has 4 heterocycles. The normalized spacial score (nSPS) is 16.8. The zero-order chi connectivity index (χ0) is 22.1. The summed E-state index contributed by atoms with van der Waals surface area (Å²) in [7, 11) is 0. The average Bonchev–Trinajstić information content (AvgIpc) is 3.32. The number of aromatic nitrogens is 4. The third-order valence-electron chi connectivity index (χ3n) is 6.49. The number of fused-ring (bicyclic) bond motifs is 1. The van der Waals surface area contributed by atoms with Gasteiger partial charge in [-0.15, -0.1) is 0 Å². The lowest BCUT2D eigenvalue weighted by atomic mass is 9.93. The minimum atomic E-state index is 0.0537. The third kappa shape index (κ3) is 3.97. The number of hydrogen-bond donors (Lipinski definition) is 0. The van der Waals surface area contributed by atoms with Crippen LogP contribution >= 0.6 is 0 Å². The summed E-state index contributed by atoms with van der Waals surface area (Å²) in [6.45, 7) is 6.93. The summed E-state index contributed by atoms with van der Waals surface area (Å²) < 4.78 is 5.45. The van der Waals surface area contributed by atoms with Crippen LogP contribution in [-0.4, -0.2) is 50.5 Å². The van der Waals surface area contributed by atoms with Gasteiger partial charge in [0.2, 0.25) is 5.91 Å². The Hall–Kier alpha value is -3.29. The Morgan fingerprint density at radius 3 is 2.66 bits per heavy atom. The number of anilines is 1. The molecule has 1 saturated heterocycles. The van der Waals surface area contributed by atoms with E-state index in [9.17, 15) is 4.79 Å². The van der Waals surface area contributed by atoms with Crippen LogP contribution in [0, 0.1) is 12.8 Å². The standard InChI is InChI=1S/C24H28N6O2/c1-3-21-27-23(32-28-21)20-14-25-16(2)26-22(20)29-11-9-18(10-12-29)24(31)30-13-8-17-6-4-5-7-19(17)15-30/h4-7,14,18H,3,8-13,15H2,1-2H3. The largest absolute Gasteiger partial charge is 0.356 e. The fourth-order valence-corrected chi connectivity index (χ4v) is 4.64. The highest BCUT2D eigenvalue weighted by atomic mass is 16.5. The second kappa shape index (κ2) is 8.68. The molecule has 0 bridgehead atoms. The van der Waals surface area contributed by atoms with Crippen LogP contribution in [0.15, 0.2) is 35.0 Å². The van der Waals surface area contributed by atoms with Crippen molar-refractivity contribution in [1.82, 2.24) is 25.0 Å². The zero-order valence-corrected chi connectivity index (χ0v) is 18.6. The van der Waals surface area contributed by atoms with Gasteiger partial charge in [0, 0.05) is 44.7 Å². The lowest BCUT2D eigenvalue weighted by Crippen LogP contribution is -2.44. The molecular formula is C24H28N6O2. The van der Waals surface area contributed by atoms with E-state index < -0.39 is 0 Å². The fraction of sp³-hybridized carbons (Fsp3) is 0.458. The van der Waals surface area contributed by atoms with Crippen LogP contribution in [0.25, 0.3) is 11.5 Å². The molecule has 2 aromatic heterocycles. The minimum absolute atomic E-state index is 0.0537. The molecule has 8 heteroatoms. The smallest absolute Gasteiger partial charge is 0.263 e. The van der Waals surface area contributed by atoms with Crippen molar-refractivity contribution in [1.29, 1.82) is 0 Å². The highest BCUT2D eigenvalue weighted by Crippen LogP contribution is 2.32. The van der Waals surface area contributed by atoms with Crippen molar-refractivity contribution in [2.75, 3.05) is 24.5 Å². The first-order valence-electron chi connectivity index (χ1n) is 11.4. The Balaban J connectivity index is 1.28. The number of rotatable bonds is 4. The number of carbonyl (C=O) groups excluding carboxylic acids is 1. The molecule has 5 rings (SSSR count). The van der Waals surface area contributed by atoms with Crippen LogP contribution in [0.1, 0.15) is 42.5 Å². The van der Waals surface area contributed by atoms with E-state index in [2.05, 4.69) is 49.3 Å². The molecular weight excluding hydrogens is 404 g/mol. The topological polar surface area (TPSA) is 88.2 Å². The quantitative estimate of drug-likeness (QED) is 0.625. The summed E-state index contributed by atoms with van der Waals surface area (Å²) in [6, 6.07) is 8.44. The van der Waals surface area contributed by atoms with Gasteiger partial charge in [-0.1, -0.05) is 36.3 Å². The first-order chi connectivity index (χ1) is 15.6. The fourth-order valence-electron chi connectivity index (χ4n) is 4.64. The molecule has 0 aliphatic carbocycles. The van der Waals surface area contributed by atoms with E-state index in [-0.39, 0.29) is 11.8 Å². The van der Waals surface area contributed by atoms with Crippen molar-refractivity contribution >= 4 is 11.7 Å². The molecule has 2 aliphatic heterocycles. The molecule has 1 fully saturated rings. The second-order valence-corrected chi connectivity index (χ2v) is 8.56. The van der Waals surface area contributed by atoms with Crippen molar-refractivity contribution in [3.8, 4) is 11.5 Å². The second-order valence-electron chi connectivity index (χ2n) is 8.56. The molecule has 8 nitrogen and oxygen atoms in total. The van der Waals surface area contributed by atoms with E-state index in [0.29, 0.717) is 24.0 Å². The number of nitrogens with zero attached hydrogens (tertiary/aromatic N) is 6. The summed E-state index contributed by atoms with van der Waals surface area (Å²) in [6.07, 6.45) is 5.02. The molecule has 1 aromatic carbocycles. The Morgan fingerprint density at radius 1 is 1.12 bits per heavy atom. The highest BCUT2D eigenvalue weighted by Gasteiger charge is 2.32. The molecule has 2 aliphatic rings. The molecule has 0 atom stereocenters. The summed E-state index contributed by atoms with van der Waals surface area (Å²) in [4.78, 5) is 31.0. The Labute approximate surface area is 187 Å². The van der Waals surface area contributed by atoms with E-state index in [4.69, 9.17) is 4.52 Å². The van der Waals surface area contributed by atoms with Gasteiger partial charge in [0.25, 0.3) is 5.89 Å². The van der Waals surface area contributed by atoms with Gasteiger partial charge in [-0.2, -0.15) is 4.98 Å². The summed E-state index contributed by atoms with van der Waals surface area (Å²) in [5.74, 6) is 2.95. The number of benzene rings is 1. The third-order valence-corrected chi connectivity index (χ3v) is 6.49. The molecule has 0 saturated carbocycles. The number of carbonyl (C=O) groups is 1. The lowest BCUT2D eigenvalue weighted by Gasteiger charge is -2.36. The van der Waals surface area contributed by atoms with Gasteiger partial charge in [0.05, 0.1) is 0 Å². The van der Waals surface area contributed by atoms with Crippen LogP contribution in [0.4, 0.5) is 5.82 Å². The number of piperidine rings is 1. The summed E-state index contributed by atoms with van der Waals surface area (Å²) in [5.41, 5.74) is 3.39. The van der Waals surface area contributed by atoms with Crippen molar-refractivity contribution < 1.29 is 9.32 Å². The van der Waals surface area contributed by atoms with E-state index in [0.717, 1.165) is 56.8 Å². The summed E-state index contributed by atoms with van der Waals surface area (Å²) >= 11 is 0. The van der Waals surface area contributed by atoms with Crippen LogP contribution in [-0.2, 0) is 24.2 Å². The Morgan fingerprint density at radius 2 is 1.91 bits per heavy atom. The monoisotopic (exact) mass is 432 g/mol. The molecule has 0 radical (unpaired) electrons. The Kier molecular flexibility index (Phi) is 5.59. The van der Waals surface area contributed by atoms with Gasteiger partial charge in [-0.3, -0.25) is 4.79 Å². The van der Waals surface area contributed by atoms with Crippen molar-refractivity contribution in [2.24, 2.45) is 5.92 Å². The molecule has 3 aromatic rings. The van der Waals surface area contributed by atoms with E-state index >= 15 is 0 Å². The molecule has 0 N–H and O–H groups in total. The zero-order valence-electron chi connectivity index (χ0n) is 18.6. The number of amides is 1. The van der Waals surface area contributed by atoms with E-state index in [1.54, 1.807) is 6.20 Å². The maximum atomic E-state index is 13.2. The Bertz CT molecular complexity index is 1120. The van der Waals surface area contributed by atoms with Gasteiger partial charge in [-0.25, -0.2) is 9.97 Å². The van der Waals surface area contributed by atoms with Crippen molar-refractivity contribution in [2.45, 2.75) is 46.1 Å². The van der Waals surface area contributed by atoms with Crippen LogP contribution in [0.5, 0.6) is 0 Å². The van der Waals surface area contributed by atoms with Crippen molar-refractivity contribution in [3.63, 3.8) is 0 Å². The van der Waals surface area contributed by atoms with Gasteiger partial charge in [0.1, 0.15) is 17.2 Å². The molecule has 166 valence electrons. The predicted octanol–water partition coefficient (Wildman–Crippen LogP) is 3.20. The molecule has 32 heavy (non-hydrogen) atoms. The molecule has 0 unspecified atom stereocenters. The number of aryl methyl sites for hydroxylation is 2. The first kappa shape index (κ1) is 20.6. The lowest BCUT2D eigenvalue weighted by molar-refractivity contribution is -0.137. The van der Waals surface area contributed by atoms with Crippen LogP contribution in [0.3, 0.4) is 0 Å². The van der Waals surface area contributed by atoms with Crippen molar-refractivity contribution in [3.05, 3.63) is 53.2 Å². The molecule has 1 amide bonds. The maximum Gasteiger partial charge on any atom is 0.263 e. The predicted molar refractivity (Wildman–Crippen MR) is 120 cm³/mol. The van der Waals surface area contributed by atoms with Crippen LogP contribution in [0.2, 0.25) is 0 Å². The van der Waals surface area contributed by atoms with Gasteiger partial charge < -0.3 is 14.3 Å². The van der Waals surface area contributed by atoms with Gasteiger partial charge >= 0.3 is 0 Å². The maximum absolute atomic E-state index is 13.2. The minimum Gasteiger partial charge on any atom is -0.356 e. The van der Waals surface area contributed by atoms with Crippen LogP contribution < -0.4 is 4.90 Å². The number of hydrogen-bond acceptors (Lipinski definition) is 7. The average molecular weight is 433 g/mol. The van der Waals surface area contributed by atoms with Gasteiger partial charge in [0.15, 0.2) is 5.82 Å².